The van der Waals surface area contributed by atoms with Crippen LogP contribution in [0.1, 0.15) is 30.4 Å². The van der Waals surface area contributed by atoms with Crippen LogP contribution in [-0.2, 0) is 12.8 Å². The Morgan fingerprint density at radius 1 is 1.22 bits per heavy atom. The maximum absolute atomic E-state index is 5.31. The van der Waals surface area contributed by atoms with Crippen molar-refractivity contribution in [1.82, 2.24) is 4.90 Å². The van der Waals surface area contributed by atoms with Gasteiger partial charge in [0, 0.05) is 6.54 Å². The largest absolute Gasteiger partial charge is 0.497 e. The first kappa shape index (κ1) is 12.0. The molecule has 1 aromatic rings. The van der Waals surface area contributed by atoms with E-state index >= 15 is 0 Å². The average Bonchev–Trinajstić information content (AvgIpc) is 2.91. The first-order chi connectivity index (χ1) is 8.85. The lowest BCUT2D eigenvalue weighted by molar-refractivity contribution is 0.261. The fourth-order valence-electron chi connectivity index (χ4n) is 3.42. The molecule has 0 amide bonds. The maximum Gasteiger partial charge on any atom is 0.119 e. The molecule has 0 N–H and O–H groups in total. The minimum absolute atomic E-state index is 0.865. The second-order valence-corrected chi connectivity index (χ2v) is 5.75. The summed E-state index contributed by atoms with van der Waals surface area (Å²) in [5, 5.41) is 0. The summed E-state index contributed by atoms with van der Waals surface area (Å²) >= 11 is 0. The van der Waals surface area contributed by atoms with Crippen molar-refractivity contribution in [1.29, 1.82) is 0 Å². The molecule has 0 radical (unpaired) electrons. The highest BCUT2D eigenvalue weighted by Crippen LogP contribution is 2.29. The SMILES string of the molecule is COc1ccc2c(c1)CCC(CN1CCCC1)C2. The van der Waals surface area contributed by atoms with Crippen molar-refractivity contribution in [3.05, 3.63) is 29.3 Å². The quantitative estimate of drug-likeness (QED) is 0.812. The van der Waals surface area contributed by atoms with Crippen molar-refractivity contribution in [3.8, 4) is 5.75 Å². The van der Waals surface area contributed by atoms with Gasteiger partial charge in [0.25, 0.3) is 0 Å². The lowest BCUT2D eigenvalue weighted by Gasteiger charge is -2.28. The van der Waals surface area contributed by atoms with E-state index in [0.29, 0.717) is 0 Å². The van der Waals surface area contributed by atoms with E-state index in [0.717, 1.165) is 11.7 Å². The van der Waals surface area contributed by atoms with E-state index in [9.17, 15) is 0 Å². The van der Waals surface area contributed by atoms with Crippen LogP contribution in [0.3, 0.4) is 0 Å². The highest BCUT2D eigenvalue weighted by molar-refractivity contribution is 5.37. The van der Waals surface area contributed by atoms with Gasteiger partial charge in [0.1, 0.15) is 5.75 Å². The number of aryl methyl sites for hydroxylation is 1. The number of benzene rings is 1. The van der Waals surface area contributed by atoms with Crippen LogP contribution < -0.4 is 4.74 Å². The number of hydrogen-bond donors (Lipinski definition) is 0. The summed E-state index contributed by atoms with van der Waals surface area (Å²) in [5.74, 6) is 1.87. The highest BCUT2D eigenvalue weighted by Gasteiger charge is 2.22. The van der Waals surface area contributed by atoms with Crippen molar-refractivity contribution in [2.24, 2.45) is 5.92 Å². The van der Waals surface area contributed by atoms with E-state index < -0.39 is 0 Å². The zero-order valence-corrected chi connectivity index (χ0v) is 11.3. The Hall–Kier alpha value is -1.02. The third kappa shape index (κ3) is 2.54. The third-order valence-electron chi connectivity index (χ3n) is 4.46. The van der Waals surface area contributed by atoms with E-state index in [1.165, 1.54) is 57.3 Å². The fourth-order valence-corrected chi connectivity index (χ4v) is 3.42. The van der Waals surface area contributed by atoms with Gasteiger partial charge in [0.15, 0.2) is 0 Å². The van der Waals surface area contributed by atoms with E-state index in [1.807, 2.05) is 0 Å². The Bertz CT molecular complexity index is 410. The first-order valence-corrected chi connectivity index (χ1v) is 7.23. The number of nitrogens with zero attached hydrogens (tertiary/aromatic N) is 1. The molecule has 1 saturated heterocycles. The Morgan fingerprint density at radius 3 is 2.83 bits per heavy atom. The number of fused-ring (bicyclic) bond motifs is 1. The van der Waals surface area contributed by atoms with Gasteiger partial charge < -0.3 is 9.64 Å². The molecule has 2 nitrogen and oxygen atoms in total. The van der Waals surface area contributed by atoms with Crippen molar-refractivity contribution in [3.63, 3.8) is 0 Å². The molecular formula is C16H23NO. The van der Waals surface area contributed by atoms with Crippen molar-refractivity contribution in [2.75, 3.05) is 26.7 Å². The van der Waals surface area contributed by atoms with Gasteiger partial charge in [-0.2, -0.15) is 0 Å². The molecule has 1 heterocycles. The topological polar surface area (TPSA) is 12.5 Å². The Balaban J connectivity index is 1.65. The summed E-state index contributed by atoms with van der Waals surface area (Å²) in [5.41, 5.74) is 3.05. The predicted octanol–water partition coefficient (Wildman–Crippen LogP) is 2.90. The smallest absolute Gasteiger partial charge is 0.119 e. The second kappa shape index (κ2) is 5.31. The van der Waals surface area contributed by atoms with Gasteiger partial charge in [0.05, 0.1) is 7.11 Å². The summed E-state index contributed by atoms with van der Waals surface area (Å²) in [6, 6.07) is 6.60. The minimum atomic E-state index is 0.865. The van der Waals surface area contributed by atoms with Crippen LogP contribution >= 0.6 is 0 Å². The van der Waals surface area contributed by atoms with Crippen LogP contribution in [0.2, 0.25) is 0 Å². The predicted molar refractivity (Wildman–Crippen MR) is 74.2 cm³/mol. The molecule has 1 atom stereocenters. The molecule has 0 spiro atoms. The summed E-state index contributed by atoms with van der Waals surface area (Å²) in [6.45, 7) is 3.96. The standard InChI is InChI=1S/C16H23NO/c1-18-16-7-6-14-10-13(4-5-15(14)11-16)12-17-8-2-3-9-17/h6-7,11,13H,2-5,8-10,12H2,1H3. The molecular weight excluding hydrogens is 222 g/mol. The van der Waals surface area contributed by atoms with Crippen LogP contribution in [0, 0.1) is 5.92 Å². The third-order valence-corrected chi connectivity index (χ3v) is 4.46. The van der Waals surface area contributed by atoms with E-state index in [-0.39, 0.29) is 0 Å². The fraction of sp³-hybridized carbons (Fsp3) is 0.625. The van der Waals surface area contributed by atoms with Gasteiger partial charge in [-0.15, -0.1) is 0 Å². The van der Waals surface area contributed by atoms with E-state index in [2.05, 4.69) is 23.1 Å². The Kier molecular flexibility index (Phi) is 3.55. The molecule has 1 aliphatic carbocycles. The summed E-state index contributed by atoms with van der Waals surface area (Å²) in [4.78, 5) is 2.65. The second-order valence-electron chi connectivity index (χ2n) is 5.75. The van der Waals surface area contributed by atoms with Crippen LogP contribution in [0.5, 0.6) is 5.75 Å². The zero-order chi connectivity index (χ0) is 12.4. The molecule has 1 aromatic carbocycles. The van der Waals surface area contributed by atoms with Gasteiger partial charge >= 0.3 is 0 Å². The average molecular weight is 245 g/mol. The minimum Gasteiger partial charge on any atom is -0.497 e. The van der Waals surface area contributed by atoms with Crippen LogP contribution in [0.15, 0.2) is 18.2 Å². The molecule has 3 rings (SSSR count). The van der Waals surface area contributed by atoms with Crippen LogP contribution in [0.4, 0.5) is 0 Å². The van der Waals surface area contributed by atoms with E-state index in [4.69, 9.17) is 4.74 Å². The number of ether oxygens (including phenoxy) is 1. The first-order valence-electron chi connectivity index (χ1n) is 7.23. The Labute approximate surface area is 110 Å². The van der Waals surface area contributed by atoms with E-state index in [1.54, 1.807) is 12.7 Å². The maximum atomic E-state index is 5.31. The zero-order valence-electron chi connectivity index (χ0n) is 11.3. The normalized spacial score (nSPS) is 23.9. The Morgan fingerprint density at radius 2 is 2.06 bits per heavy atom. The van der Waals surface area contributed by atoms with Crippen molar-refractivity contribution >= 4 is 0 Å². The summed E-state index contributed by atoms with van der Waals surface area (Å²) in [7, 11) is 1.75. The highest BCUT2D eigenvalue weighted by atomic mass is 16.5. The van der Waals surface area contributed by atoms with Gasteiger partial charge in [-0.05, 0) is 74.4 Å². The monoisotopic (exact) mass is 245 g/mol. The van der Waals surface area contributed by atoms with Gasteiger partial charge in [-0.3, -0.25) is 0 Å². The molecule has 0 saturated carbocycles. The molecule has 0 aromatic heterocycles. The number of hydrogen-bond acceptors (Lipinski definition) is 2. The lowest BCUT2D eigenvalue weighted by Crippen LogP contribution is -2.30. The van der Waals surface area contributed by atoms with Crippen LogP contribution in [-0.4, -0.2) is 31.6 Å². The molecule has 98 valence electrons. The molecule has 1 aliphatic heterocycles. The van der Waals surface area contributed by atoms with Crippen LogP contribution in [0.25, 0.3) is 0 Å². The molecule has 1 unspecified atom stereocenters. The number of likely N-dealkylation sites (tertiary alicyclic amines) is 1. The molecule has 2 heteroatoms. The van der Waals surface area contributed by atoms with Crippen molar-refractivity contribution in [2.45, 2.75) is 32.1 Å². The number of rotatable bonds is 3. The van der Waals surface area contributed by atoms with Crippen molar-refractivity contribution < 1.29 is 4.74 Å². The van der Waals surface area contributed by atoms with Gasteiger partial charge in [-0.1, -0.05) is 6.07 Å². The lowest BCUT2D eigenvalue weighted by atomic mass is 9.83. The van der Waals surface area contributed by atoms with Gasteiger partial charge in [-0.25, -0.2) is 0 Å². The molecule has 1 fully saturated rings. The number of methoxy groups -OCH3 is 1. The molecule has 18 heavy (non-hydrogen) atoms. The molecule has 2 aliphatic rings. The summed E-state index contributed by atoms with van der Waals surface area (Å²) in [6.07, 6.45) is 6.64. The van der Waals surface area contributed by atoms with Gasteiger partial charge in [0.2, 0.25) is 0 Å². The summed E-state index contributed by atoms with van der Waals surface area (Å²) < 4.78 is 5.31. The molecule has 0 bridgehead atoms.